The van der Waals surface area contributed by atoms with Gasteiger partial charge in [0.05, 0.1) is 42.6 Å². The van der Waals surface area contributed by atoms with Crippen molar-refractivity contribution in [1.29, 1.82) is 0 Å². The van der Waals surface area contributed by atoms with E-state index in [-0.39, 0.29) is 18.3 Å². The largest absolute Gasteiger partial charge is 0.497 e. The summed E-state index contributed by atoms with van der Waals surface area (Å²) >= 11 is 1.26. The maximum Gasteiger partial charge on any atom is 0.311 e. The topological polar surface area (TPSA) is 90.4 Å². The highest BCUT2D eigenvalue weighted by Gasteiger charge is 2.16. The third-order valence-corrected chi connectivity index (χ3v) is 5.54. The van der Waals surface area contributed by atoms with E-state index in [2.05, 4.69) is 10.3 Å². The minimum absolute atomic E-state index is 0.0678. The molecule has 8 heteroatoms. The summed E-state index contributed by atoms with van der Waals surface area (Å²) in [4.78, 5) is 33.9. The van der Waals surface area contributed by atoms with Crippen molar-refractivity contribution in [2.75, 3.05) is 19.0 Å². The first-order valence-electron chi connectivity index (χ1n) is 10.0. The monoisotopic (exact) mass is 447 g/mol. The molecular weight excluding hydrogens is 426 g/mol. The number of pyridine rings is 1. The summed E-state index contributed by atoms with van der Waals surface area (Å²) < 4.78 is 10.3. The number of benzene rings is 2. The van der Waals surface area contributed by atoms with Crippen molar-refractivity contribution < 1.29 is 19.1 Å². The number of anilines is 1. The number of amides is 1. The van der Waals surface area contributed by atoms with Crippen LogP contribution in [0.1, 0.15) is 23.0 Å². The Balaban J connectivity index is 1.65. The molecule has 0 aliphatic carbocycles. The van der Waals surface area contributed by atoms with Crippen LogP contribution in [0.4, 0.5) is 5.13 Å². The summed E-state index contributed by atoms with van der Waals surface area (Å²) in [6, 6.07) is 16.8. The van der Waals surface area contributed by atoms with Crippen molar-refractivity contribution in [3.05, 3.63) is 71.2 Å². The Labute approximate surface area is 189 Å². The zero-order valence-corrected chi connectivity index (χ0v) is 18.4. The number of esters is 1. The highest BCUT2D eigenvalue weighted by Crippen LogP contribution is 2.28. The van der Waals surface area contributed by atoms with Crippen LogP contribution >= 0.6 is 11.3 Å². The molecule has 7 nitrogen and oxygen atoms in total. The molecule has 4 aromatic rings. The standard InChI is InChI=1S/C24H21N3O4S/c1-3-31-22(28)12-16-14-32-24(25-16)27-23(29)19-13-21(15-7-6-8-17(11-15)30-2)26-20-10-5-4-9-18(19)20/h4-11,13-14H,3,12H2,1-2H3,(H,25,27,29). The molecule has 0 spiro atoms. The lowest BCUT2D eigenvalue weighted by atomic mass is 10.0. The molecule has 2 aromatic heterocycles. The number of methoxy groups -OCH3 is 1. The number of aromatic nitrogens is 2. The van der Waals surface area contributed by atoms with Crippen LogP contribution in [0.3, 0.4) is 0 Å². The Bertz CT molecular complexity index is 1290. The van der Waals surface area contributed by atoms with Crippen molar-refractivity contribution in [3.8, 4) is 17.0 Å². The second-order valence-corrected chi connectivity index (χ2v) is 7.74. The van der Waals surface area contributed by atoms with Crippen molar-refractivity contribution in [3.63, 3.8) is 0 Å². The van der Waals surface area contributed by atoms with Gasteiger partial charge in [-0.2, -0.15) is 0 Å². The van der Waals surface area contributed by atoms with Gasteiger partial charge in [0.25, 0.3) is 5.91 Å². The van der Waals surface area contributed by atoms with Crippen LogP contribution in [0.25, 0.3) is 22.2 Å². The molecule has 0 aliphatic heterocycles. The van der Waals surface area contributed by atoms with Gasteiger partial charge >= 0.3 is 5.97 Å². The number of hydrogen-bond acceptors (Lipinski definition) is 7. The number of rotatable bonds is 7. The van der Waals surface area contributed by atoms with Crippen LogP contribution in [0.2, 0.25) is 0 Å². The molecule has 0 atom stereocenters. The number of para-hydroxylation sites is 1. The molecular formula is C24H21N3O4S. The third-order valence-electron chi connectivity index (χ3n) is 4.73. The average Bonchev–Trinajstić information content (AvgIpc) is 3.24. The zero-order chi connectivity index (χ0) is 22.5. The van der Waals surface area contributed by atoms with Gasteiger partial charge in [0.2, 0.25) is 0 Å². The maximum atomic E-state index is 13.2. The molecule has 0 unspecified atom stereocenters. The fourth-order valence-electron chi connectivity index (χ4n) is 3.26. The number of carbonyl (C=O) groups excluding carboxylic acids is 2. The molecule has 2 aromatic carbocycles. The Morgan fingerprint density at radius 3 is 2.72 bits per heavy atom. The summed E-state index contributed by atoms with van der Waals surface area (Å²) in [7, 11) is 1.61. The van der Waals surface area contributed by atoms with E-state index in [4.69, 9.17) is 14.5 Å². The highest BCUT2D eigenvalue weighted by atomic mass is 32.1. The zero-order valence-electron chi connectivity index (χ0n) is 17.6. The minimum atomic E-state index is -0.348. The lowest BCUT2D eigenvalue weighted by Gasteiger charge is -2.10. The number of hydrogen-bond donors (Lipinski definition) is 1. The van der Waals surface area contributed by atoms with Crippen molar-refractivity contribution in [2.24, 2.45) is 0 Å². The molecule has 0 radical (unpaired) electrons. The van der Waals surface area contributed by atoms with Gasteiger partial charge in [0.1, 0.15) is 5.75 Å². The Morgan fingerprint density at radius 2 is 1.91 bits per heavy atom. The lowest BCUT2D eigenvalue weighted by molar-refractivity contribution is -0.142. The van der Waals surface area contributed by atoms with E-state index in [1.807, 2.05) is 48.5 Å². The van der Waals surface area contributed by atoms with E-state index >= 15 is 0 Å². The Hall–Kier alpha value is -3.78. The molecule has 1 amide bonds. The molecule has 4 rings (SSSR count). The number of nitrogens with one attached hydrogen (secondary N) is 1. The number of thiazole rings is 1. The first-order chi connectivity index (χ1) is 15.6. The quantitative estimate of drug-likeness (QED) is 0.412. The second-order valence-electron chi connectivity index (χ2n) is 6.88. The summed E-state index contributed by atoms with van der Waals surface area (Å²) in [6.07, 6.45) is 0.0678. The molecule has 162 valence electrons. The highest BCUT2D eigenvalue weighted by molar-refractivity contribution is 7.14. The van der Waals surface area contributed by atoms with Crippen LogP contribution in [0.15, 0.2) is 60.0 Å². The Kier molecular flexibility index (Phi) is 6.42. The second kappa shape index (κ2) is 9.57. The SMILES string of the molecule is CCOC(=O)Cc1csc(NC(=O)c2cc(-c3cccc(OC)c3)nc3ccccc23)n1. The lowest BCUT2D eigenvalue weighted by Crippen LogP contribution is -2.13. The first-order valence-corrected chi connectivity index (χ1v) is 10.9. The first kappa shape index (κ1) is 21.5. The molecule has 0 aliphatic rings. The predicted molar refractivity (Wildman–Crippen MR) is 124 cm³/mol. The van der Waals surface area contributed by atoms with Gasteiger partial charge in [0, 0.05) is 16.3 Å². The number of fused-ring (bicyclic) bond motifs is 1. The van der Waals surface area contributed by atoms with E-state index in [9.17, 15) is 9.59 Å². The molecule has 32 heavy (non-hydrogen) atoms. The molecule has 1 N–H and O–H groups in total. The summed E-state index contributed by atoms with van der Waals surface area (Å²) in [5, 5.41) is 5.73. The molecule has 2 heterocycles. The van der Waals surface area contributed by atoms with E-state index in [1.165, 1.54) is 11.3 Å². The van der Waals surface area contributed by atoms with Crippen LogP contribution in [0.5, 0.6) is 5.75 Å². The molecule has 0 saturated carbocycles. The summed E-state index contributed by atoms with van der Waals surface area (Å²) in [5.41, 5.74) is 3.25. The Morgan fingerprint density at radius 1 is 1.06 bits per heavy atom. The third kappa shape index (κ3) is 4.76. The fourth-order valence-corrected chi connectivity index (χ4v) is 3.97. The minimum Gasteiger partial charge on any atom is -0.497 e. The molecule has 0 fully saturated rings. The van der Waals surface area contributed by atoms with Gasteiger partial charge in [0.15, 0.2) is 5.13 Å². The smallest absolute Gasteiger partial charge is 0.311 e. The van der Waals surface area contributed by atoms with Crippen LogP contribution in [-0.2, 0) is 16.0 Å². The van der Waals surface area contributed by atoms with E-state index in [0.717, 1.165) is 10.9 Å². The van der Waals surface area contributed by atoms with Gasteiger partial charge in [-0.25, -0.2) is 9.97 Å². The summed E-state index contributed by atoms with van der Waals surface area (Å²) in [6.45, 7) is 2.07. The average molecular weight is 448 g/mol. The number of carbonyl (C=O) groups is 2. The van der Waals surface area contributed by atoms with Gasteiger partial charge in [-0.1, -0.05) is 30.3 Å². The predicted octanol–water partition coefficient (Wildman–Crippen LogP) is 4.72. The van der Waals surface area contributed by atoms with Crippen molar-refractivity contribution in [1.82, 2.24) is 9.97 Å². The summed E-state index contributed by atoms with van der Waals surface area (Å²) in [5.74, 6) is 0.0592. The maximum absolute atomic E-state index is 13.2. The van der Waals surface area contributed by atoms with E-state index in [0.29, 0.717) is 40.0 Å². The van der Waals surface area contributed by atoms with Gasteiger partial charge in [-0.3, -0.25) is 14.9 Å². The molecule has 0 bridgehead atoms. The van der Waals surface area contributed by atoms with Gasteiger partial charge < -0.3 is 9.47 Å². The normalized spacial score (nSPS) is 10.7. The molecule has 0 saturated heterocycles. The number of ether oxygens (including phenoxy) is 2. The van der Waals surface area contributed by atoms with Gasteiger partial charge in [-0.15, -0.1) is 11.3 Å². The fraction of sp³-hybridized carbons (Fsp3) is 0.167. The van der Waals surface area contributed by atoms with E-state index < -0.39 is 0 Å². The van der Waals surface area contributed by atoms with Crippen LogP contribution in [0, 0.1) is 0 Å². The van der Waals surface area contributed by atoms with Crippen molar-refractivity contribution in [2.45, 2.75) is 13.3 Å². The van der Waals surface area contributed by atoms with E-state index in [1.54, 1.807) is 25.5 Å². The van der Waals surface area contributed by atoms with Crippen LogP contribution in [-0.4, -0.2) is 35.6 Å². The van der Waals surface area contributed by atoms with Crippen molar-refractivity contribution >= 4 is 39.2 Å². The van der Waals surface area contributed by atoms with Crippen LogP contribution < -0.4 is 10.1 Å². The van der Waals surface area contributed by atoms with Gasteiger partial charge in [-0.05, 0) is 31.2 Å². The number of nitrogens with zero attached hydrogens (tertiary/aromatic N) is 2.